The zero-order valence-corrected chi connectivity index (χ0v) is 30.8. The van der Waals surface area contributed by atoms with Crippen molar-refractivity contribution >= 4 is 34.9 Å². The third kappa shape index (κ3) is 9.70. The van der Waals surface area contributed by atoms with Crippen molar-refractivity contribution in [2.75, 3.05) is 35.0 Å². The molecule has 0 radical (unpaired) electrons. The van der Waals surface area contributed by atoms with Gasteiger partial charge in [-0.15, -0.1) is 11.3 Å². The Kier molecular flexibility index (Phi) is 14.1. The SMILES string of the molecule is COc1cc2c(c(OC)c1OC)-c1ccc(OC)c(=O)cc1[C@@H](NC(C)=O)CC2.Clc1ccccc1CN1CCc2sccc2C1.NC(=O)NO. The number of hydroxylamine groups is 1. The predicted octanol–water partition coefficient (Wildman–Crippen LogP) is 5.88. The van der Waals surface area contributed by atoms with Gasteiger partial charge in [0.1, 0.15) is 0 Å². The number of nitrogens with two attached hydrogens (primary N) is 1. The molecular weight excluding hydrogens is 696 g/mol. The molecule has 1 aliphatic heterocycles. The minimum absolute atomic E-state index is 0.167. The van der Waals surface area contributed by atoms with E-state index >= 15 is 0 Å². The number of hydrogen-bond donors (Lipinski definition) is 4. The number of fused-ring (bicyclic) bond motifs is 4. The number of nitrogens with zero attached hydrogens (tertiary/aromatic N) is 1. The lowest BCUT2D eigenvalue weighted by Gasteiger charge is -2.27. The number of urea groups is 1. The maximum absolute atomic E-state index is 12.6. The highest BCUT2D eigenvalue weighted by Gasteiger charge is 2.29. The first kappa shape index (κ1) is 39.0. The minimum atomic E-state index is -0.940. The molecule has 1 atom stereocenters. The lowest BCUT2D eigenvalue weighted by atomic mass is 9.95. The number of ether oxygens (including phenoxy) is 4. The van der Waals surface area contributed by atoms with Crippen LogP contribution in [0.25, 0.3) is 11.1 Å². The fourth-order valence-corrected chi connectivity index (χ4v) is 7.26. The number of carbonyl (C=O) groups excluding carboxylic acids is 2. The molecule has 2 aliphatic rings. The summed E-state index contributed by atoms with van der Waals surface area (Å²) in [6.45, 7) is 4.61. The van der Waals surface area contributed by atoms with E-state index in [9.17, 15) is 14.4 Å². The molecule has 4 aromatic rings. The number of halogens is 1. The van der Waals surface area contributed by atoms with Gasteiger partial charge in [0, 0.05) is 42.0 Å². The van der Waals surface area contributed by atoms with Gasteiger partial charge in [0.15, 0.2) is 17.2 Å². The molecule has 0 unspecified atom stereocenters. The number of aryl methyl sites for hydroxylation is 1. The topological polar surface area (TPSA) is 162 Å². The van der Waals surface area contributed by atoms with Crippen LogP contribution in [0.15, 0.2) is 64.8 Å². The van der Waals surface area contributed by atoms with Crippen molar-refractivity contribution in [2.45, 2.75) is 45.3 Å². The van der Waals surface area contributed by atoms with Gasteiger partial charge in [-0.2, -0.15) is 0 Å². The molecule has 0 saturated carbocycles. The first-order chi connectivity index (χ1) is 24.5. The monoisotopic (exact) mass is 738 g/mol. The van der Waals surface area contributed by atoms with E-state index in [2.05, 4.69) is 39.5 Å². The number of nitrogens with one attached hydrogen (secondary N) is 2. The molecular formula is C37H43ClN4O8S. The molecule has 0 spiro atoms. The molecule has 12 nitrogen and oxygen atoms in total. The Labute approximate surface area is 306 Å². The summed E-state index contributed by atoms with van der Waals surface area (Å²) in [7, 11) is 6.14. The van der Waals surface area contributed by atoms with Crippen LogP contribution in [0.1, 0.15) is 46.5 Å². The molecule has 2 heterocycles. The van der Waals surface area contributed by atoms with Crippen molar-refractivity contribution in [3.05, 3.63) is 102 Å². The average Bonchev–Trinajstić information content (AvgIpc) is 3.47. The zero-order chi connectivity index (χ0) is 37.1. The van der Waals surface area contributed by atoms with Gasteiger partial charge in [-0.05, 0) is 82.8 Å². The van der Waals surface area contributed by atoms with Crippen LogP contribution in [0.5, 0.6) is 23.0 Å². The summed E-state index contributed by atoms with van der Waals surface area (Å²) >= 11 is 8.08. The Hall–Kier alpha value is -4.82. The Morgan fingerprint density at radius 1 is 0.961 bits per heavy atom. The molecule has 0 saturated heterocycles. The molecule has 1 aliphatic carbocycles. The normalized spacial score (nSPS) is 14.3. The Morgan fingerprint density at radius 3 is 2.29 bits per heavy atom. The summed E-state index contributed by atoms with van der Waals surface area (Å²) < 4.78 is 22.0. The van der Waals surface area contributed by atoms with Gasteiger partial charge in [-0.1, -0.05) is 35.9 Å². The van der Waals surface area contributed by atoms with Crippen molar-refractivity contribution in [3.63, 3.8) is 0 Å². The van der Waals surface area contributed by atoms with Gasteiger partial charge in [0.05, 0.1) is 34.5 Å². The standard InChI is InChI=1S/C22H25NO6.C14H14ClNS.CH4N2O2/c1-12(24)23-16-8-6-13-10-19(27-3)21(28-4)22(29-5)20(13)14-7-9-18(26-2)17(25)11-15(14)16;15-13-4-2-1-3-11(13)9-16-7-5-14-12(10-16)6-8-17-14;2-1(4)3-5/h7,9-11,16H,6,8H2,1-5H3,(H,23,24);1-4,6,8H,5,7,9-10H2;5H,(H3,2,3,4)/t16-;;/m0../s1. The maximum Gasteiger partial charge on any atom is 0.335 e. The number of rotatable bonds is 7. The number of amides is 3. The van der Waals surface area contributed by atoms with Crippen LogP contribution in [0.2, 0.25) is 5.02 Å². The number of primary amides is 1. The van der Waals surface area contributed by atoms with Gasteiger partial charge >= 0.3 is 6.03 Å². The second-order valence-electron chi connectivity index (χ2n) is 11.6. The van der Waals surface area contributed by atoms with Crippen LogP contribution < -0.4 is 40.9 Å². The van der Waals surface area contributed by atoms with Crippen LogP contribution in [0, 0.1) is 0 Å². The Bertz CT molecular complexity index is 1900. The van der Waals surface area contributed by atoms with Gasteiger partial charge in [0.2, 0.25) is 17.1 Å². The highest BCUT2D eigenvalue weighted by atomic mass is 35.5. The molecule has 51 heavy (non-hydrogen) atoms. The molecule has 1 aromatic heterocycles. The molecule has 3 aromatic carbocycles. The van der Waals surface area contributed by atoms with E-state index in [1.165, 1.54) is 43.1 Å². The number of hydrogen-bond acceptors (Lipinski definition) is 10. The lowest BCUT2D eigenvalue weighted by molar-refractivity contribution is -0.119. The fraction of sp³-hybridized carbons (Fsp3) is 0.324. The summed E-state index contributed by atoms with van der Waals surface area (Å²) in [6.07, 6.45) is 2.45. The van der Waals surface area contributed by atoms with Crippen LogP contribution in [0.4, 0.5) is 4.79 Å². The van der Waals surface area contributed by atoms with E-state index in [1.54, 1.807) is 32.3 Å². The summed E-state index contributed by atoms with van der Waals surface area (Å²) in [6, 6.07) is 16.0. The highest BCUT2D eigenvalue weighted by molar-refractivity contribution is 7.10. The van der Waals surface area contributed by atoms with Crippen molar-refractivity contribution < 1.29 is 33.7 Å². The minimum Gasteiger partial charge on any atom is -0.493 e. The van der Waals surface area contributed by atoms with Gasteiger partial charge in [0.25, 0.3) is 0 Å². The quantitative estimate of drug-likeness (QED) is 0.134. The van der Waals surface area contributed by atoms with Crippen LogP contribution in [-0.4, -0.2) is 57.0 Å². The summed E-state index contributed by atoms with van der Waals surface area (Å²) in [5.74, 6) is 1.60. The predicted molar refractivity (Wildman–Crippen MR) is 197 cm³/mol. The van der Waals surface area contributed by atoms with Crippen LogP contribution in [-0.2, 0) is 30.7 Å². The van der Waals surface area contributed by atoms with Gasteiger partial charge in [-0.3, -0.25) is 19.7 Å². The number of carbonyl (C=O) groups is 2. The maximum atomic E-state index is 12.6. The fourth-order valence-electron chi connectivity index (χ4n) is 6.17. The van der Waals surface area contributed by atoms with Crippen molar-refractivity contribution in [2.24, 2.45) is 5.73 Å². The largest absolute Gasteiger partial charge is 0.493 e. The molecule has 6 rings (SSSR count). The van der Waals surface area contributed by atoms with E-state index in [0.717, 1.165) is 41.3 Å². The molecule has 272 valence electrons. The Morgan fingerprint density at radius 2 is 1.67 bits per heavy atom. The smallest absolute Gasteiger partial charge is 0.335 e. The molecule has 14 heteroatoms. The van der Waals surface area contributed by atoms with E-state index in [0.29, 0.717) is 35.7 Å². The number of benzene rings is 2. The third-order valence-electron chi connectivity index (χ3n) is 8.45. The molecule has 3 amide bonds. The van der Waals surface area contributed by atoms with Crippen molar-refractivity contribution in [3.8, 4) is 34.1 Å². The molecule has 0 bridgehead atoms. The highest BCUT2D eigenvalue weighted by Crippen LogP contribution is 2.50. The number of methoxy groups -OCH3 is 4. The van der Waals surface area contributed by atoms with Crippen molar-refractivity contribution in [1.29, 1.82) is 0 Å². The van der Waals surface area contributed by atoms with Crippen LogP contribution >= 0.6 is 22.9 Å². The summed E-state index contributed by atoms with van der Waals surface area (Å²) in [5.41, 5.74) is 11.2. The second-order valence-corrected chi connectivity index (χ2v) is 13.1. The van der Waals surface area contributed by atoms with Gasteiger partial charge < -0.3 is 30.0 Å². The Balaban J connectivity index is 0.000000222. The first-order valence-electron chi connectivity index (χ1n) is 16.1. The van der Waals surface area contributed by atoms with E-state index in [4.69, 9.17) is 35.8 Å². The summed E-state index contributed by atoms with van der Waals surface area (Å²) in [4.78, 5) is 37.7. The average molecular weight is 739 g/mol. The zero-order valence-electron chi connectivity index (χ0n) is 29.2. The molecule has 5 N–H and O–H groups in total. The van der Waals surface area contributed by atoms with E-state index in [-0.39, 0.29) is 23.1 Å². The van der Waals surface area contributed by atoms with Crippen LogP contribution in [0.3, 0.4) is 0 Å². The summed E-state index contributed by atoms with van der Waals surface area (Å²) in [5, 5.41) is 13.5. The number of thiophene rings is 1. The van der Waals surface area contributed by atoms with Gasteiger partial charge in [-0.25, -0.2) is 10.3 Å². The van der Waals surface area contributed by atoms with Crippen molar-refractivity contribution in [1.82, 2.24) is 15.7 Å². The lowest BCUT2D eigenvalue weighted by Crippen LogP contribution is -2.29. The van der Waals surface area contributed by atoms with E-state index < -0.39 is 6.03 Å². The third-order valence-corrected chi connectivity index (χ3v) is 9.84. The van der Waals surface area contributed by atoms with E-state index in [1.807, 2.05) is 35.6 Å². The second kappa shape index (κ2) is 18.4. The first-order valence-corrected chi connectivity index (χ1v) is 17.3. The molecule has 0 fully saturated rings.